The summed E-state index contributed by atoms with van der Waals surface area (Å²) in [5.41, 5.74) is 0.692. The fourth-order valence-electron chi connectivity index (χ4n) is 1.56. The smallest absolute Gasteiger partial charge is 0.214 e. The second-order valence-electron chi connectivity index (χ2n) is 3.48. The van der Waals surface area contributed by atoms with E-state index in [1.54, 1.807) is 6.07 Å². The van der Waals surface area contributed by atoms with Gasteiger partial charge in [-0.15, -0.1) is 0 Å². The lowest BCUT2D eigenvalue weighted by Crippen LogP contribution is -2.40. The van der Waals surface area contributed by atoms with Gasteiger partial charge in [0.25, 0.3) is 0 Å². The SMILES string of the molecule is O=S1(=O)CCN(c2ccnc(F)c2)CC1. The van der Waals surface area contributed by atoms with Gasteiger partial charge in [-0.2, -0.15) is 4.39 Å². The van der Waals surface area contributed by atoms with E-state index in [0.29, 0.717) is 18.8 Å². The normalized spacial score (nSPS) is 20.2. The summed E-state index contributed by atoms with van der Waals surface area (Å²) in [6.45, 7) is 0.845. The quantitative estimate of drug-likeness (QED) is 0.657. The Labute approximate surface area is 87.7 Å². The zero-order chi connectivity index (χ0) is 10.9. The van der Waals surface area contributed by atoms with Crippen LogP contribution < -0.4 is 4.90 Å². The van der Waals surface area contributed by atoms with Crippen molar-refractivity contribution in [3.8, 4) is 0 Å². The largest absolute Gasteiger partial charge is 0.369 e. The second kappa shape index (κ2) is 3.77. The Kier molecular flexibility index (Phi) is 2.60. The standard InChI is InChI=1S/C9H11FN2O2S/c10-9-7-8(1-2-11-9)12-3-5-15(13,14)6-4-12/h1-2,7H,3-6H2. The van der Waals surface area contributed by atoms with Gasteiger partial charge in [-0.3, -0.25) is 0 Å². The van der Waals surface area contributed by atoms with Crippen LogP contribution in [0.25, 0.3) is 0 Å². The molecule has 6 heteroatoms. The van der Waals surface area contributed by atoms with Crippen LogP contribution in [-0.2, 0) is 9.84 Å². The Morgan fingerprint density at radius 1 is 1.33 bits per heavy atom. The average molecular weight is 230 g/mol. The van der Waals surface area contributed by atoms with Crippen LogP contribution in [0.4, 0.5) is 10.1 Å². The number of halogens is 1. The van der Waals surface area contributed by atoms with Crippen LogP contribution in [0, 0.1) is 5.95 Å². The molecule has 1 aliphatic heterocycles. The second-order valence-corrected chi connectivity index (χ2v) is 5.78. The van der Waals surface area contributed by atoms with Gasteiger partial charge in [-0.25, -0.2) is 13.4 Å². The highest BCUT2D eigenvalue weighted by atomic mass is 32.2. The van der Waals surface area contributed by atoms with Crippen molar-refractivity contribution in [1.29, 1.82) is 0 Å². The minimum atomic E-state index is -2.88. The highest BCUT2D eigenvalue weighted by Gasteiger charge is 2.21. The molecule has 0 bridgehead atoms. The predicted octanol–water partition coefficient (Wildman–Crippen LogP) is 0.456. The maximum atomic E-state index is 12.8. The summed E-state index contributed by atoms with van der Waals surface area (Å²) >= 11 is 0. The average Bonchev–Trinajstić information content (AvgIpc) is 2.17. The zero-order valence-electron chi connectivity index (χ0n) is 8.06. The van der Waals surface area contributed by atoms with E-state index in [1.807, 2.05) is 4.90 Å². The van der Waals surface area contributed by atoms with Crippen molar-refractivity contribution in [2.24, 2.45) is 0 Å². The molecule has 1 fully saturated rings. The Morgan fingerprint density at radius 2 is 2.00 bits per heavy atom. The number of hydrogen-bond donors (Lipinski definition) is 0. The van der Waals surface area contributed by atoms with Crippen LogP contribution >= 0.6 is 0 Å². The first kappa shape index (κ1) is 10.4. The van der Waals surface area contributed by atoms with Gasteiger partial charge in [-0.05, 0) is 6.07 Å². The molecule has 0 unspecified atom stereocenters. The van der Waals surface area contributed by atoms with Crippen LogP contribution in [0.5, 0.6) is 0 Å². The topological polar surface area (TPSA) is 50.3 Å². The van der Waals surface area contributed by atoms with E-state index in [4.69, 9.17) is 0 Å². The van der Waals surface area contributed by atoms with Gasteiger partial charge >= 0.3 is 0 Å². The number of sulfone groups is 1. The molecule has 0 N–H and O–H groups in total. The maximum Gasteiger partial charge on any atom is 0.214 e. The Morgan fingerprint density at radius 3 is 2.60 bits per heavy atom. The number of rotatable bonds is 1. The Balaban J connectivity index is 2.14. The van der Waals surface area contributed by atoms with Crippen molar-refractivity contribution in [1.82, 2.24) is 4.98 Å². The first-order chi connectivity index (χ1) is 7.07. The van der Waals surface area contributed by atoms with E-state index in [2.05, 4.69) is 4.98 Å². The third kappa shape index (κ3) is 2.44. The van der Waals surface area contributed by atoms with Crippen LogP contribution in [0.2, 0.25) is 0 Å². The van der Waals surface area contributed by atoms with E-state index >= 15 is 0 Å². The molecular weight excluding hydrogens is 219 g/mol. The first-order valence-corrected chi connectivity index (χ1v) is 6.46. The molecule has 0 spiro atoms. The summed E-state index contributed by atoms with van der Waals surface area (Å²) < 4.78 is 35.2. The molecule has 4 nitrogen and oxygen atoms in total. The van der Waals surface area contributed by atoms with Crippen LogP contribution in [0.15, 0.2) is 18.3 Å². The number of nitrogens with zero attached hydrogens (tertiary/aromatic N) is 2. The molecule has 1 aromatic rings. The Hall–Kier alpha value is -1.17. The zero-order valence-corrected chi connectivity index (χ0v) is 8.87. The molecule has 82 valence electrons. The summed E-state index contributed by atoms with van der Waals surface area (Å²) in [7, 11) is -2.88. The Bertz CT molecular complexity index is 447. The lowest BCUT2D eigenvalue weighted by atomic mass is 10.3. The predicted molar refractivity (Wildman–Crippen MR) is 55.1 cm³/mol. The summed E-state index contributed by atoms with van der Waals surface area (Å²) in [4.78, 5) is 5.30. The molecule has 1 saturated heterocycles. The lowest BCUT2D eigenvalue weighted by Gasteiger charge is -2.28. The van der Waals surface area contributed by atoms with E-state index in [9.17, 15) is 12.8 Å². The third-order valence-electron chi connectivity index (χ3n) is 2.42. The van der Waals surface area contributed by atoms with Crippen LogP contribution in [-0.4, -0.2) is 38.0 Å². The van der Waals surface area contributed by atoms with Crippen molar-refractivity contribution in [2.75, 3.05) is 29.5 Å². The van der Waals surface area contributed by atoms with Gasteiger partial charge < -0.3 is 4.90 Å². The molecule has 2 rings (SSSR count). The summed E-state index contributed by atoms with van der Waals surface area (Å²) in [6, 6.07) is 3.00. The van der Waals surface area contributed by atoms with E-state index in [-0.39, 0.29) is 11.5 Å². The summed E-state index contributed by atoms with van der Waals surface area (Å²) in [6.07, 6.45) is 1.38. The molecule has 1 aromatic heterocycles. The fraction of sp³-hybridized carbons (Fsp3) is 0.444. The van der Waals surface area contributed by atoms with Gasteiger partial charge in [-0.1, -0.05) is 0 Å². The van der Waals surface area contributed by atoms with Gasteiger partial charge in [0.05, 0.1) is 11.5 Å². The molecule has 0 radical (unpaired) electrons. The molecule has 1 aliphatic rings. The van der Waals surface area contributed by atoms with Crippen molar-refractivity contribution in [3.05, 3.63) is 24.3 Å². The first-order valence-electron chi connectivity index (χ1n) is 4.64. The van der Waals surface area contributed by atoms with Crippen LogP contribution in [0.3, 0.4) is 0 Å². The van der Waals surface area contributed by atoms with Crippen molar-refractivity contribution >= 4 is 15.5 Å². The molecule has 0 aliphatic carbocycles. The molecule has 0 aromatic carbocycles. The molecule has 15 heavy (non-hydrogen) atoms. The number of hydrogen-bond acceptors (Lipinski definition) is 4. The molecule has 0 amide bonds. The fourth-order valence-corrected chi connectivity index (χ4v) is 2.76. The van der Waals surface area contributed by atoms with Gasteiger partial charge in [0, 0.05) is 31.0 Å². The van der Waals surface area contributed by atoms with Crippen molar-refractivity contribution in [2.45, 2.75) is 0 Å². The number of anilines is 1. The monoisotopic (exact) mass is 230 g/mol. The summed E-state index contributed by atoms with van der Waals surface area (Å²) in [5, 5.41) is 0. The number of pyridine rings is 1. The minimum absolute atomic E-state index is 0.136. The van der Waals surface area contributed by atoms with Crippen LogP contribution in [0.1, 0.15) is 0 Å². The van der Waals surface area contributed by atoms with Crippen molar-refractivity contribution < 1.29 is 12.8 Å². The molecular formula is C9H11FN2O2S. The third-order valence-corrected chi connectivity index (χ3v) is 4.03. The van der Waals surface area contributed by atoms with E-state index < -0.39 is 15.8 Å². The van der Waals surface area contributed by atoms with Gasteiger partial charge in [0.15, 0.2) is 9.84 Å². The number of aromatic nitrogens is 1. The molecule has 0 saturated carbocycles. The van der Waals surface area contributed by atoms with Crippen molar-refractivity contribution in [3.63, 3.8) is 0 Å². The highest BCUT2D eigenvalue weighted by Crippen LogP contribution is 2.16. The van der Waals surface area contributed by atoms with E-state index in [1.165, 1.54) is 12.3 Å². The van der Waals surface area contributed by atoms with Gasteiger partial charge in [0.2, 0.25) is 5.95 Å². The molecule has 2 heterocycles. The van der Waals surface area contributed by atoms with Gasteiger partial charge in [0.1, 0.15) is 0 Å². The summed E-state index contributed by atoms with van der Waals surface area (Å²) in [5.74, 6) is -0.269. The minimum Gasteiger partial charge on any atom is -0.369 e. The molecule has 0 atom stereocenters. The van der Waals surface area contributed by atoms with E-state index in [0.717, 1.165) is 0 Å². The lowest BCUT2D eigenvalue weighted by molar-refractivity contribution is 0.580. The maximum absolute atomic E-state index is 12.8. The highest BCUT2D eigenvalue weighted by molar-refractivity contribution is 7.91.